The van der Waals surface area contributed by atoms with E-state index in [9.17, 15) is 4.79 Å². The van der Waals surface area contributed by atoms with Crippen molar-refractivity contribution >= 4 is 29.1 Å². The van der Waals surface area contributed by atoms with Crippen molar-refractivity contribution in [2.75, 3.05) is 17.7 Å². The number of hydrogen-bond donors (Lipinski definition) is 2. The largest absolute Gasteiger partial charge is 0.496 e. The molecule has 0 spiro atoms. The van der Waals surface area contributed by atoms with E-state index >= 15 is 0 Å². The second-order valence-corrected chi connectivity index (χ2v) is 6.65. The molecule has 0 saturated carbocycles. The molecule has 0 unspecified atom stereocenters. The summed E-state index contributed by atoms with van der Waals surface area (Å²) in [6.07, 6.45) is 0. The number of nitrogens with one attached hydrogen (secondary N) is 2. The van der Waals surface area contributed by atoms with Crippen LogP contribution in [-0.4, -0.2) is 33.2 Å². The standard InChI is InChI=1S/C19H17ClN6O2/c1-11-16(18(27)22-13-9-7-12(20)8-10-13)17(26-19(21-11)23-24-25-26)14-5-3-4-6-15(14)28-2/h3-10,17H,1-2H3,(H,22,27)(H,21,23,25)/t17-/m1/s1. The van der Waals surface area contributed by atoms with E-state index in [2.05, 4.69) is 26.2 Å². The molecular formula is C19H17ClN6O2. The van der Waals surface area contributed by atoms with E-state index in [-0.39, 0.29) is 5.91 Å². The van der Waals surface area contributed by atoms with Crippen LogP contribution in [0.3, 0.4) is 0 Å². The molecule has 4 rings (SSSR count). The Bertz CT molecular complexity index is 1060. The number of halogens is 1. The number of tetrazole rings is 1. The molecule has 2 N–H and O–H groups in total. The third kappa shape index (κ3) is 3.18. The van der Waals surface area contributed by atoms with E-state index < -0.39 is 6.04 Å². The van der Waals surface area contributed by atoms with Crippen molar-refractivity contribution in [1.29, 1.82) is 0 Å². The molecule has 1 aliphatic heterocycles. The molecular weight excluding hydrogens is 380 g/mol. The highest BCUT2D eigenvalue weighted by atomic mass is 35.5. The van der Waals surface area contributed by atoms with E-state index in [1.165, 1.54) is 0 Å². The number of fused-ring (bicyclic) bond motifs is 1. The third-order valence-corrected chi connectivity index (χ3v) is 4.75. The van der Waals surface area contributed by atoms with Gasteiger partial charge < -0.3 is 15.4 Å². The van der Waals surface area contributed by atoms with Crippen LogP contribution in [0.2, 0.25) is 5.02 Å². The summed E-state index contributed by atoms with van der Waals surface area (Å²) in [5, 5.41) is 18.4. The summed E-state index contributed by atoms with van der Waals surface area (Å²) in [7, 11) is 1.59. The average Bonchev–Trinajstić information content (AvgIpc) is 3.16. The van der Waals surface area contributed by atoms with Crippen LogP contribution < -0.4 is 15.4 Å². The minimum Gasteiger partial charge on any atom is -0.496 e. The van der Waals surface area contributed by atoms with Crippen molar-refractivity contribution in [1.82, 2.24) is 20.2 Å². The Balaban J connectivity index is 1.78. The van der Waals surface area contributed by atoms with E-state index in [0.717, 1.165) is 5.56 Å². The highest BCUT2D eigenvalue weighted by Gasteiger charge is 2.35. The molecule has 28 heavy (non-hydrogen) atoms. The van der Waals surface area contributed by atoms with Crippen molar-refractivity contribution < 1.29 is 9.53 Å². The van der Waals surface area contributed by atoms with Gasteiger partial charge in [-0.25, -0.2) is 0 Å². The van der Waals surface area contributed by atoms with Gasteiger partial charge in [-0.3, -0.25) is 4.79 Å². The van der Waals surface area contributed by atoms with Gasteiger partial charge in [0.05, 0.1) is 12.7 Å². The monoisotopic (exact) mass is 396 g/mol. The smallest absolute Gasteiger partial charge is 0.255 e. The van der Waals surface area contributed by atoms with Crippen LogP contribution in [0.25, 0.3) is 0 Å². The molecule has 2 heterocycles. The Hall–Kier alpha value is -3.39. The molecule has 0 saturated heterocycles. The van der Waals surface area contributed by atoms with Crippen LogP contribution in [0.15, 0.2) is 59.8 Å². The van der Waals surface area contributed by atoms with Gasteiger partial charge in [-0.05, 0) is 47.7 Å². The Kier molecular flexibility index (Phi) is 4.70. The first-order valence-electron chi connectivity index (χ1n) is 8.54. The Morgan fingerprint density at radius 2 is 1.96 bits per heavy atom. The first kappa shape index (κ1) is 18.0. The lowest BCUT2D eigenvalue weighted by Crippen LogP contribution is -2.31. The summed E-state index contributed by atoms with van der Waals surface area (Å²) in [5.41, 5.74) is 2.56. The normalized spacial score (nSPS) is 15.6. The number of methoxy groups -OCH3 is 1. The number of benzene rings is 2. The second-order valence-electron chi connectivity index (χ2n) is 6.22. The number of carbonyl (C=O) groups excluding carboxylic acids is 1. The molecule has 2 aromatic carbocycles. The van der Waals surface area contributed by atoms with Crippen molar-refractivity contribution in [3.05, 3.63) is 70.4 Å². The number of nitrogens with zero attached hydrogens (tertiary/aromatic N) is 4. The summed E-state index contributed by atoms with van der Waals surface area (Å²) in [6.45, 7) is 1.82. The summed E-state index contributed by atoms with van der Waals surface area (Å²) in [6, 6.07) is 13.9. The van der Waals surface area contributed by atoms with Crippen molar-refractivity contribution in [2.45, 2.75) is 13.0 Å². The van der Waals surface area contributed by atoms with E-state index in [4.69, 9.17) is 16.3 Å². The number of ether oxygens (including phenoxy) is 1. The number of amides is 1. The Labute approximate surface area is 166 Å². The topological polar surface area (TPSA) is 94.0 Å². The van der Waals surface area contributed by atoms with Crippen LogP contribution in [0, 0.1) is 0 Å². The number of para-hydroxylation sites is 1. The zero-order valence-corrected chi connectivity index (χ0v) is 15.9. The SMILES string of the molecule is COc1ccccc1[C@@H]1C(C(=O)Nc2ccc(Cl)cc2)=C(C)Nc2nnnn21. The molecule has 8 nitrogen and oxygen atoms in total. The van der Waals surface area contributed by atoms with Gasteiger partial charge in [0.2, 0.25) is 5.95 Å². The van der Waals surface area contributed by atoms with Crippen molar-refractivity contribution in [2.24, 2.45) is 0 Å². The molecule has 1 amide bonds. The lowest BCUT2D eigenvalue weighted by Gasteiger charge is -2.28. The van der Waals surface area contributed by atoms with Crippen LogP contribution in [0.5, 0.6) is 5.75 Å². The molecule has 3 aromatic rings. The van der Waals surface area contributed by atoms with Crippen molar-refractivity contribution in [3.8, 4) is 5.75 Å². The molecule has 142 valence electrons. The van der Waals surface area contributed by atoms with Gasteiger partial charge in [0.25, 0.3) is 5.91 Å². The molecule has 1 aliphatic rings. The number of rotatable bonds is 4. The van der Waals surface area contributed by atoms with Crippen LogP contribution >= 0.6 is 11.6 Å². The van der Waals surface area contributed by atoms with Gasteiger partial charge in [0.15, 0.2) is 0 Å². The Morgan fingerprint density at radius 3 is 2.71 bits per heavy atom. The van der Waals surface area contributed by atoms with E-state index in [1.54, 1.807) is 36.1 Å². The predicted octanol–water partition coefficient (Wildman–Crippen LogP) is 3.26. The maximum atomic E-state index is 13.2. The fourth-order valence-electron chi connectivity index (χ4n) is 3.22. The molecule has 0 bridgehead atoms. The maximum Gasteiger partial charge on any atom is 0.255 e. The van der Waals surface area contributed by atoms with Crippen LogP contribution in [-0.2, 0) is 4.79 Å². The lowest BCUT2D eigenvalue weighted by molar-refractivity contribution is -0.113. The highest BCUT2D eigenvalue weighted by Crippen LogP contribution is 2.38. The zero-order chi connectivity index (χ0) is 19.7. The number of allylic oxidation sites excluding steroid dienone is 1. The predicted molar refractivity (Wildman–Crippen MR) is 105 cm³/mol. The van der Waals surface area contributed by atoms with E-state index in [0.29, 0.717) is 33.7 Å². The number of aromatic nitrogens is 4. The summed E-state index contributed by atoms with van der Waals surface area (Å²) >= 11 is 5.93. The molecule has 1 aromatic heterocycles. The minimum absolute atomic E-state index is 0.274. The summed E-state index contributed by atoms with van der Waals surface area (Å²) in [5.74, 6) is 0.821. The minimum atomic E-state index is -0.547. The van der Waals surface area contributed by atoms with Gasteiger partial charge in [-0.2, -0.15) is 4.68 Å². The molecule has 1 atom stereocenters. The van der Waals surface area contributed by atoms with Crippen LogP contribution in [0.4, 0.5) is 11.6 Å². The summed E-state index contributed by atoms with van der Waals surface area (Å²) < 4.78 is 7.08. The lowest BCUT2D eigenvalue weighted by atomic mass is 9.94. The van der Waals surface area contributed by atoms with Gasteiger partial charge in [0, 0.05) is 22.0 Å². The molecule has 0 radical (unpaired) electrons. The van der Waals surface area contributed by atoms with Crippen molar-refractivity contribution in [3.63, 3.8) is 0 Å². The maximum absolute atomic E-state index is 13.2. The first-order chi connectivity index (χ1) is 13.6. The zero-order valence-electron chi connectivity index (χ0n) is 15.2. The number of hydrogen-bond acceptors (Lipinski definition) is 6. The highest BCUT2D eigenvalue weighted by molar-refractivity contribution is 6.30. The quantitative estimate of drug-likeness (QED) is 0.703. The molecule has 0 aliphatic carbocycles. The van der Waals surface area contributed by atoms with Crippen LogP contribution in [0.1, 0.15) is 18.5 Å². The van der Waals surface area contributed by atoms with E-state index in [1.807, 2.05) is 31.2 Å². The van der Waals surface area contributed by atoms with Gasteiger partial charge >= 0.3 is 0 Å². The summed E-state index contributed by atoms with van der Waals surface area (Å²) in [4.78, 5) is 13.2. The molecule has 0 fully saturated rings. The second kappa shape index (κ2) is 7.32. The van der Waals surface area contributed by atoms with Gasteiger partial charge in [-0.15, -0.1) is 0 Å². The first-order valence-corrected chi connectivity index (χ1v) is 8.91. The number of carbonyl (C=O) groups is 1. The van der Waals surface area contributed by atoms with Gasteiger partial charge in [0.1, 0.15) is 11.8 Å². The fourth-order valence-corrected chi connectivity index (χ4v) is 3.34. The Morgan fingerprint density at radius 1 is 1.21 bits per heavy atom. The average molecular weight is 397 g/mol. The number of anilines is 2. The third-order valence-electron chi connectivity index (χ3n) is 4.49. The van der Waals surface area contributed by atoms with Gasteiger partial charge in [-0.1, -0.05) is 34.9 Å². The molecule has 9 heteroatoms. The fraction of sp³-hybridized carbons (Fsp3) is 0.158.